The van der Waals surface area contributed by atoms with E-state index in [0.29, 0.717) is 19.4 Å². The molecule has 0 aliphatic carbocycles. The topological polar surface area (TPSA) is 46.6 Å². The Morgan fingerprint density at radius 1 is 1.26 bits per heavy atom. The average Bonchev–Trinajstić information content (AvgIpc) is 3.09. The zero-order chi connectivity index (χ0) is 19.5. The maximum Gasteiger partial charge on any atom is 0.228 e. The van der Waals surface area contributed by atoms with Gasteiger partial charge in [-0.25, -0.2) is 0 Å². The molecule has 0 N–H and O–H groups in total. The van der Waals surface area contributed by atoms with Crippen LogP contribution in [-0.2, 0) is 20.7 Å². The van der Waals surface area contributed by atoms with E-state index in [1.165, 1.54) is 19.3 Å². The van der Waals surface area contributed by atoms with Gasteiger partial charge in [-0.05, 0) is 24.8 Å². The highest BCUT2D eigenvalue weighted by molar-refractivity contribution is 5.82. The van der Waals surface area contributed by atoms with Crippen molar-refractivity contribution >= 4 is 12.2 Å². The van der Waals surface area contributed by atoms with Crippen LogP contribution in [-0.4, -0.2) is 36.0 Å². The summed E-state index contributed by atoms with van der Waals surface area (Å²) in [6.07, 6.45) is 9.83. The summed E-state index contributed by atoms with van der Waals surface area (Å²) in [7, 11) is 0. The maximum atomic E-state index is 13.3. The summed E-state index contributed by atoms with van der Waals surface area (Å²) in [4.78, 5) is 26.4. The lowest BCUT2D eigenvalue weighted by Gasteiger charge is -2.29. The standard InChI is InChI=1S/C23H33NO3/c1-3-5-6-7-11-15-20(12-4-2)23(26)24-21(18-27-22(24)17-25)16-19-13-9-8-10-14-19/h4,8-10,13-14,17,20-22H,2-3,5-7,11-12,15-16,18H2,1H3/t20-,21-,22?/m0/s1. The molecule has 1 unspecified atom stereocenters. The first kappa shape index (κ1) is 21.4. The monoisotopic (exact) mass is 371 g/mol. The predicted octanol–water partition coefficient (Wildman–Crippen LogP) is 4.53. The third kappa shape index (κ3) is 6.31. The second-order valence-corrected chi connectivity index (χ2v) is 7.37. The number of hydrogen-bond acceptors (Lipinski definition) is 3. The van der Waals surface area contributed by atoms with Gasteiger partial charge in [0.2, 0.25) is 5.91 Å². The van der Waals surface area contributed by atoms with Gasteiger partial charge in [0.15, 0.2) is 12.5 Å². The van der Waals surface area contributed by atoms with Gasteiger partial charge in [-0.15, -0.1) is 6.58 Å². The maximum absolute atomic E-state index is 13.3. The third-order valence-electron chi connectivity index (χ3n) is 5.27. The molecule has 1 saturated heterocycles. The van der Waals surface area contributed by atoms with Gasteiger partial charge in [-0.2, -0.15) is 0 Å². The van der Waals surface area contributed by atoms with E-state index in [-0.39, 0.29) is 17.9 Å². The Labute approximate surface area is 163 Å². The summed E-state index contributed by atoms with van der Waals surface area (Å²) in [6.45, 7) is 6.42. The van der Waals surface area contributed by atoms with Crippen LogP contribution in [0.5, 0.6) is 0 Å². The summed E-state index contributed by atoms with van der Waals surface area (Å²) in [5.41, 5.74) is 1.15. The second kappa shape index (κ2) is 11.7. The van der Waals surface area contributed by atoms with E-state index in [4.69, 9.17) is 4.74 Å². The Bertz CT molecular complexity index is 587. The lowest BCUT2D eigenvalue weighted by Crippen LogP contribution is -2.46. The molecule has 1 aromatic carbocycles. The molecule has 1 fully saturated rings. The molecule has 1 heterocycles. The number of ether oxygens (including phenoxy) is 1. The highest BCUT2D eigenvalue weighted by atomic mass is 16.5. The number of unbranched alkanes of at least 4 members (excludes halogenated alkanes) is 4. The number of rotatable bonds is 12. The van der Waals surface area contributed by atoms with E-state index in [9.17, 15) is 9.59 Å². The Balaban J connectivity index is 2.04. The van der Waals surface area contributed by atoms with Crippen molar-refractivity contribution in [3.63, 3.8) is 0 Å². The Hall–Kier alpha value is -1.94. The molecule has 3 atom stereocenters. The van der Waals surface area contributed by atoms with Crippen molar-refractivity contribution in [2.24, 2.45) is 5.92 Å². The Kier molecular flexibility index (Phi) is 9.26. The van der Waals surface area contributed by atoms with Crippen LogP contribution in [0.25, 0.3) is 0 Å². The van der Waals surface area contributed by atoms with Crippen molar-refractivity contribution in [3.05, 3.63) is 48.6 Å². The first-order valence-electron chi connectivity index (χ1n) is 10.2. The number of benzene rings is 1. The summed E-state index contributed by atoms with van der Waals surface area (Å²) in [6, 6.07) is 9.96. The van der Waals surface area contributed by atoms with E-state index in [2.05, 4.69) is 13.5 Å². The first-order valence-corrected chi connectivity index (χ1v) is 10.2. The molecule has 4 nitrogen and oxygen atoms in total. The molecule has 0 spiro atoms. The molecule has 0 saturated carbocycles. The van der Waals surface area contributed by atoms with Crippen LogP contribution in [0, 0.1) is 5.92 Å². The summed E-state index contributed by atoms with van der Waals surface area (Å²) >= 11 is 0. The fraction of sp³-hybridized carbons (Fsp3) is 0.565. The molecule has 148 valence electrons. The predicted molar refractivity (Wildman–Crippen MR) is 108 cm³/mol. The number of carbonyl (C=O) groups excluding carboxylic acids is 2. The number of carbonyl (C=O) groups is 2. The minimum Gasteiger partial charge on any atom is -0.349 e. The molecule has 2 rings (SSSR count). The van der Waals surface area contributed by atoms with Crippen molar-refractivity contribution in [1.29, 1.82) is 0 Å². The van der Waals surface area contributed by atoms with E-state index >= 15 is 0 Å². The van der Waals surface area contributed by atoms with Gasteiger partial charge < -0.3 is 9.64 Å². The summed E-state index contributed by atoms with van der Waals surface area (Å²) < 4.78 is 5.62. The fourth-order valence-corrected chi connectivity index (χ4v) is 3.78. The lowest BCUT2D eigenvalue weighted by atomic mass is 9.94. The van der Waals surface area contributed by atoms with E-state index in [1.54, 1.807) is 4.90 Å². The third-order valence-corrected chi connectivity index (χ3v) is 5.27. The van der Waals surface area contributed by atoms with Gasteiger partial charge in [-0.3, -0.25) is 9.59 Å². The molecule has 1 aromatic rings. The van der Waals surface area contributed by atoms with Crippen molar-refractivity contribution < 1.29 is 14.3 Å². The minimum atomic E-state index is -0.765. The van der Waals surface area contributed by atoms with Gasteiger partial charge in [0.25, 0.3) is 0 Å². The van der Waals surface area contributed by atoms with Gasteiger partial charge in [0, 0.05) is 5.92 Å². The van der Waals surface area contributed by atoms with E-state index < -0.39 is 6.23 Å². The molecular formula is C23H33NO3. The molecule has 0 aromatic heterocycles. The van der Waals surface area contributed by atoms with E-state index in [1.807, 2.05) is 36.4 Å². The van der Waals surface area contributed by atoms with Crippen LogP contribution in [0.15, 0.2) is 43.0 Å². The van der Waals surface area contributed by atoms with Gasteiger partial charge in [0.05, 0.1) is 12.6 Å². The quantitative estimate of drug-likeness (QED) is 0.308. The smallest absolute Gasteiger partial charge is 0.228 e. The normalized spacial score (nSPS) is 20.4. The second-order valence-electron chi connectivity index (χ2n) is 7.37. The van der Waals surface area contributed by atoms with Crippen LogP contribution < -0.4 is 0 Å². The molecule has 4 heteroatoms. The number of aldehydes is 1. The SMILES string of the molecule is C=CC[C@@H](CCCCCCC)C(=O)N1C(C=O)OC[C@@H]1Cc1ccccc1. The number of allylic oxidation sites excluding steroid dienone is 1. The average molecular weight is 372 g/mol. The largest absolute Gasteiger partial charge is 0.349 e. The van der Waals surface area contributed by atoms with Gasteiger partial charge >= 0.3 is 0 Å². The number of nitrogens with zero attached hydrogens (tertiary/aromatic N) is 1. The highest BCUT2D eigenvalue weighted by Gasteiger charge is 2.39. The highest BCUT2D eigenvalue weighted by Crippen LogP contribution is 2.26. The van der Waals surface area contributed by atoms with Gasteiger partial charge in [-0.1, -0.05) is 75.4 Å². The zero-order valence-electron chi connectivity index (χ0n) is 16.5. The van der Waals surface area contributed by atoms with Crippen molar-refractivity contribution in [1.82, 2.24) is 4.90 Å². The summed E-state index contributed by atoms with van der Waals surface area (Å²) in [5, 5.41) is 0. The van der Waals surface area contributed by atoms with E-state index in [0.717, 1.165) is 31.1 Å². The van der Waals surface area contributed by atoms with Crippen LogP contribution >= 0.6 is 0 Å². The molecule has 0 radical (unpaired) electrons. The van der Waals surface area contributed by atoms with Crippen molar-refractivity contribution in [2.75, 3.05) is 6.61 Å². The Morgan fingerprint density at radius 3 is 2.67 bits per heavy atom. The molecule has 27 heavy (non-hydrogen) atoms. The Morgan fingerprint density at radius 2 is 2.00 bits per heavy atom. The molecule has 1 amide bonds. The summed E-state index contributed by atoms with van der Waals surface area (Å²) in [5.74, 6) is -0.0903. The minimum absolute atomic E-state index is 0.0286. The fourth-order valence-electron chi connectivity index (χ4n) is 3.78. The van der Waals surface area contributed by atoms with Crippen LogP contribution in [0.4, 0.5) is 0 Å². The number of hydrogen-bond donors (Lipinski definition) is 0. The molecular weight excluding hydrogens is 338 g/mol. The lowest BCUT2D eigenvalue weighted by molar-refractivity contribution is -0.146. The zero-order valence-corrected chi connectivity index (χ0v) is 16.5. The van der Waals surface area contributed by atoms with Crippen LogP contribution in [0.2, 0.25) is 0 Å². The first-order chi connectivity index (χ1) is 13.2. The van der Waals surface area contributed by atoms with Gasteiger partial charge in [0.1, 0.15) is 0 Å². The molecule has 0 bridgehead atoms. The molecule has 1 aliphatic heterocycles. The molecule has 1 aliphatic rings. The van der Waals surface area contributed by atoms with Crippen LogP contribution in [0.1, 0.15) is 57.4 Å². The van der Waals surface area contributed by atoms with Crippen LogP contribution in [0.3, 0.4) is 0 Å². The van der Waals surface area contributed by atoms with Crippen molar-refractivity contribution in [2.45, 2.75) is 70.6 Å². The number of amides is 1. The van der Waals surface area contributed by atoms with Crippen molar-refractivity contribution in [3.8, 4) is 0 Å².